The average molecular weight is 970 g/mol. The van der Waals surface area contributed by atoms with Gasteiger partial charge in [0.15, 0.2) is 0 Å². The highest BCUT2D eigenvalue weighted by molar-refractivity contribution is 6.31. The maximum atomic E-state index is 13.0. The third kappa shape index (κ3) is 12.8. The van der Waals surface area contributed by atoms with Crippen LogP contribution >= 0.6 is 23.2 Å². The van der Waals surface area contributed by atoms with E-state index in [0.29, 0.717) is 76.1 Å². The highest BCUT2D eigenvalue weighted by Gasteiger charge is 2.20. The molecule has 0 atom stereocenters. The van der Waals surface area contributed by atoms with E-state index in [0.717, 1.165) is 60.9 Å². The van der Waals surface area contributed by atoms with E-state index in [1.54, 1.807) is 61.0 Å². The summed E-state index contributed by atoms with van der Waals surface area (Å²) in [6.07, 6.45) is 6.21. The lowest BCUT2D eigenvalue weighted by atomic mass is 10.1. The molecule has 356 valence electrons. The topological polar surface area (TPSA) is 210 Å². The Bertz CT molecular complexity index is 3200. The number of aryl methyl sites for hydroxylation is 6. The van der Waals surface area contributed by atoms with Crippen LogP contribution in [0.1, 0.15) is 97.6 Å². The number of halogens is 2. The van der Waals surface area contributed by atoms with Gasteiger partial charge in [0, 0.05) is 60.0 Å². The molecule has 8 aromatic rings. The normalized spacial score (nSPS) is 11.3. The lowest BCUT2D eigenvalue weighted by Crippen LogP contribution is -2.28. The number of pyridine rings is 4. The number of anilines is 2. The average Bonchev–Trinajstić information content (AvgIpc) is 3.82. The first kappa shape index (κ1) is 49.5. The molecular weight excluding hydrogens is 916 g/mol. The number of hydrogen-bond donors (Lipinski definition) is 4. The number of hydrogen-bond acceptors (Lipinski definition) is 11. The third-order valence-corrected chi connectivity index (χ3v) is 11.5. The van der Waals surface area contributed by atoms with Crippen molar-refractivity contribution < 1.29 is 19.1 Å². The molecule has 0 saturated carbocycles. The largest absolute Gasteiger partial charge is 0.444 e. The van der Waals surface area contributed by atoms with Crippen molar-refractivity contribution in [2.45, 2.75) is 94.1 Å². The second kappa shape index (κ2) is 20.8. The Morgan fingerprint density at radius 3 is 1.55 bits per heavy atom. The van der Waals surface area contributed by atoms with E-state index in [9.17, 15) is 14.4 Å². The van der Waals surface area contributed by atoms with Crippen molar-refractivity contribution in [3.63, 3.8) is 0 Å². The summed E-state index contributed by atoms with van der Waals surface area (Å²) in [6, 6.07) is 19.3. The van der Waals surface area contributed by atoms with E-state index in [4.69, 9.17) is 33.7 Å². The third-order valence-electron chi connectivity index (χ3n) is 11.1. The molecule has 6 heterocycles. The zero-order valence-electron chi connectivity index (χ0n) is 40.0. The Hall–Kier alpha value is -7.43. The number of nitrogens with zero attached hydrogens (tertiary/aromatic N) is 8. The zero-order chi connectivity index (χ0) is 49.7. The number of nitrogens with two attached hydrogens (primary N) is 1. The standard InChI is InChI=1S/C28H31ClN6O3.C23H23ClN6O/c1-16-9-25(33-27(37)38-28(4,5)6)32-17(2)22(16)13-31-26(36)23-15-35(34-18(23)3)14-19-7-8-24-20(10-19)11-21(29)12-30-24;1-13-6-22(25)28-14(2)19(13)10-27-23(31)20-12-30(29-15(20)3)11-16-4-5-21-17(7-16)8-18(24)9-26-21/h7-12,15H,13-14H2,1-6H3,(H,31,36)(H,32,33,37);4-9,12H,10-11H2,1-3H3,(H2,25,28)(H,27,31). The van der Waals surface area contributed by atoms with Crippen LogP contribution in [0.25, 0.3) is 21.8 Å². The van der Waals surface area contributed by atoms with Gasteiger partial charge in [-0.25, -0.2) is 14.8 Å². The summed E-state index contributed by atoms with van der Waals surface area (Å²) in [5.41, 5.74) is 16.6. The van der Waals surface area contributed by atoms with Gasteiger partial charge in [-0.15, -0.1) is 0 Å². The summed E-state index contributed by atoms with van der Waals surface area (Å²) in [5.74, 6) is 0.481. The van der Waals surface area contributed by atoms with E-state index in [1.807, 2.05) is 96.1 Å². The number of ether oxygens (including phenoxy) is 1. The first-order valence-corrected chi connectivity index (χ1v) is 22.9. The number of rotatable bonds is 11. The molecule has 0 saturated heterocycles. The van der Waals surface area contributed by atoms with Gasteiger partial charge in [-0.1, -0.05) is 35.3 Å². The first-order valence-electron chi connectivity index (χ1n) is 22.1. The second-order valence-electron chi connectivity index (χ2n) is 17.8. The van der Waals surface area contributed by atoms with Crippen molar-refractivity contribution in [1.29, 1.82) is 0 Å². The molecule has 5 N–H and O–H groups in total. The summed E-state index contributed by atoms with van der Waals surface area (Å²) in [5, 5.41) is 20.7. The number of nitrogens with one attached hydrogen (secondary N) is 3. The molecule has 2 aromatic carbocycles. The van der Waals surface area contributed by atoms with Crippen molar-refractivity contribution in [1.82, 2.24) is 50.1 Å². The number of amides is 3. The Morgan fingerprint density at radius 1 is 0.638 bits per heavy atom. The SMILES string of the molecule is Cc1cc(N)nc(C)c1CNC(=O)c1cn(Cc2ccc3ncc(Cl)cc3c2)nc1C.Cc1cc(NC(=O)OC(C)(C)C)nc(C)c1CNC(=O)c1cn(Cc2ccc3ncc(Cl)cc3c2)nc1C. The van der Waals surface area contributed by atoms with Gasteiger partial charge >= 0.3 is 6.09 Å². The molecule has 8 rings (SSSR count). The Kier molecular flexibility index (Phi) is 14.9. The Labute approximate surface area is 410 Å². The van der Waals surface area contributed by atoms with E-state index < -0.39 is 11.7 Å². The second-order valence-corrected chi connectivity index (χ2v) is 18.7. The predicted molar refractivity (Wildman–Crippen MR) is 270 cm³/mol. The van der Waals surface area contributed by atoms with Crippen molar-refractivity contribution in [3.8, 4) is 0 Å². The Balaban J connectivity index is 0.000000208. The fraction of sp³-hybridized carbons (Fsp3) is 0.275. The van der Waals surface area contributed by atoms with Crippen LogP contribution in [-0.4, -0.2) is 63.0 Å². The molecule has 0 aliphatic heterocycles. The number of benzene rings is 2. The summed E-state index contributed by atoms with van der Waals surface area (Å²) in [7, 11) is 0. The van der Waals surface area contributed by atoms with Crippen LogP contribution in [-0.2, 0) is 30.9 Å². The predicted octanol–water partition coefficient (Wildman–Crippen LogP) is 9.70. The van der Waals surface area contributed by atoms with Crippen molar-refractivity contribution in [3.05, 3.63) is 163 Å². The number of fused-ring (bicyclic) bond motifs is 2. The summed E-state index contributed by atoms with van der Waals surface area (Å²) in [6.45, 7) is 18.3. The Morgan fingerprint density at radius 2 is 1.10 bits per heavy atom. The van der Waals surface area contributed by atoms with Crippen LogP contribution in [0.15, 0.2) is 85.5 Å². The van der Waals surface area contributed by atoms with Crippen LogP contribution < -0.4 is 21.7 Å². The van der Waals surface area contributed by atoms with Crippen LogP contribution in [0.2, 0.25) is 10.0 Å². The summed E-state index contributed by atoms with van der Waals surface area (Å²) < 4.78 is 8.81. The van der Waals surface area contributed by atoms with E-state index in [-0.39, 0.29) is 11.8 Å². The fourth-order valence-electron chi connectivity index (χ4n) is 7.80. The maximum Gasteiger partial charge on any atom is 0.413 e. The van der Waals surface area contributed by atoms with Gasteiger partial charge < -0.3 is 21.1 Å². The highest BCUT2D eigenvalue weighted by atomic mass is 35.5. The van der Waals surface area contributed by atoms with Gasteiger partial charge in [0.2, 0.25) is 0 Å². The smallest absolute Gasteiger partial charge is 0.413 e. The molecule has 16 nitrogen and oxygen atoms in total. The minimum absolute atomic E-state index is 0.172. The van der Waals surface area contributed by atoms with Crippen molar-refractivity contribution >= 4 is 74.6 Å². The van der Waals surface area contributed by atoms with Crippen molar-refractivity contribution in [2.24, 2.45) is 0 Å². The van der Waals surface area contributed by atoms with Gasteiger partial charge in [-0.3, -0.25) is 34.2 Å². The number of carbonyl (C=O) groups excluding carboxylic acids is 3. The van der Waals surface area contributed by atoms with Crippen LogP contribution in [0.3, 0.4) is 0 Å². The molecule has 69 heavy (non-hydrogen) atoms. The lowest BCUT2D eigenvalue weighted by Gasteiger charge is -2.20. The molecule has 0 bridgehead atoms. The van der Waals surface area contributed by atoms with Gasteiger partial charge in [-0.05, 0) is 144 Å². The van der Waals surface area contributed by atoms with Gasteiger partial charge in [0.1, 0.15) is 17.2 Å². The van der Waals surface area contributed by atoms with Gasteiger partial charge in [-0.2, -0.15) is 10.2 Å². The highest BCUT2D eigenvalue weighted by Crippen LogP contribution is 2.23. The molecule has 0 spiro atoms. The molecule has 0 fully saturated rings. The lowest BCUT2D eigenvalue weighted by molar-refractivity contribution is 0.0634. The minimum Gasteiger partial charge on any atom is -0.444 e. The minimum atomic E-state index is -0.606. The first-order chi connectivity index (χ1) is 32.7. The van der Waals surface area contributed by atoms with Crippen LogP contribution in [0.4, 0.5) is 16.4 Å². The van der Waals surface area contributed by atoms with Crippen molar-refractivity contribution in [2.75, 3.05) is 11.1 Å². The molecule has 0 aliphatic carbocycles. The van der Waals surface area contributed by atoms with E-state index in [1.165, 1.54) is 0 Å². The van der Waals surface area contributed by atoms with E-state index >= 15 is 0 Å². The molecule has 6 aromatic heterocycles. The summed E-state index contributed by atoms with van der Waals surface area (Å²) in [4.78, 5) is 55.2. The molecule has 0 aliphatic rings. The quantitative estimate of drug-likeness (QED) is 0.0959. The monoisotopic (exact) mass is 968 g/mol. The number of aromatic nitrogens is 8. The molecule has 18 heteroatoms. The van der Waals surface area contributed by atoms with Crippen LogP contribution in [0, 0.1) is 41.5 Å². The number of nitrogen functional groups attached to an aromatic ring is 1. The zero-order valence-corrected chi connectivity index (χ0v) is 41.5. The maximum absolute atomic E-state index is 13.0. The number of carbonyl (C=O) groups is 3. The molecular formula is C51H54Cl2N12O4. The summed E-state index contributed by atoms with van der Waals surface area (Å²) >= 11 is 12.1. The fourth-order valence-corrected chi connectivity index (χ4v) is 8.14. The van der Waals surface area contributed by atoms with Crippen LogP contribution in [0.5, 0.6) is 0 Å². The van der Waals surface area contributed by atoms with Gasteiger partial charge in [0.25, 0.3) is 11.8 Å². The van der Waals surface area contributed by atoms with E-state index in [2.05, 4.69) is 46.1 Å². The van der Waals surface area contributed by atoms with Gasteiger partial charge in [0.05, 0.1) is 56.7 Å². The molecule has 0 unspecified atom stereocenters. The molecule has 0 radical (unpaired) electrons. The molecule has 3 amide bonds.